The van der Waals surface area contributed by atoms with Crippen molar-refractivity contribution >= 4 is 52.2 Å². The second-order valence-corrected chi connectivity index (χ2v) is 12.2. The number of amides is 3. The standard InChI is InChI=1S/C30H21F4N3O5S2/c1-42-20-11-9-19(10-12-20)37-26(39)23-22(15-5-7-17(31)8-6-15)25-28(43-24(23)27(37)40)36(29(41)44-25)14-21(38)35-18-4-2-3-16(13-18)30(32,33)34/h2-13,22-24H,14H2,1H3,(H,35,38)/t22-,23-,24+/m0/s1. The fourth-order valence-electron chi connectivity index (χ4n) is 5.39. The van der Waals surface area contributed by atoms with Gasteiger partial charge in [0, 0.05) is 16.5 Å². The number of hydrogen-bond donors (Lipinski definition) is 1. The number of aromatic nitrogens is 1. The highest BCUT2D eigenvalue weighted by atomic mass is 32.2. The molecule has 1 aromatic heterocycles. The van der Waals surface area contributed by atoms with Gasteiger partial charge in [0.15, 0.2) is 0 Å². The van der Waals surface area contributed by atoms with Crippen molar-refractivity contribution in [1.29, 1.82) is 0 Å². The molecule has 3 atom stereocenters. The zero-order chi connectivity index (χ0) is 31.3. The van der Waals surface area contributed by atoms with Crippen molar-refractivity contribution in [3.63, 3.8) is 0 Å². The number of fused-ring (bicyclic) bond motifs is 2. The molecule has 1 saturated heterocycles. The number of thiazole rings is 1. The highest BCUT2D eigenvalue weighted by Crippen LogP contribution is 2.54. The molecule has 3 aromatic carbocycles. The number of halogens is 4. The van der Waals surface area contributed by atoms with Crippen LogP contribution in [0.3, 0.4) is 0 Å². The minimum absolute atomic E-state index is 0.106. The van der Waals surface area contributed by atoms with Crippen molar-refractivity contribution in [2.75, 3.05) is 17.3 Å². The van der Waals surface area contributed by atoms with E-state index in [-0.39, 0.29) is 10.7 Å². The average Bonchev–Trinajstić information content (AvgIpc) is 3.43. The molecule has 1 N–H and O–H groups in total. The first-order valence-electron chi connectivity index (χ1n) is 13.1. The summed E-state index contributed by atoms with van der Waals surface area (Å²) in [7, 11) is 1.48. The summed E-state index contributed by atoms with van der Waals surface area (Å²) in [5, 5.41) is 1.70. The van der Waals surface area contributed by atoms with Gasteiger partial charge in [-0.2, -0.15) is 13.2 Å². The van der Waals surface area contributed by atoms with Crippen LogP contribution in [0.15, 0.2) is 82.6 Å². The highest BCUT2D eigenvalue weighted by Gasteiger charge is 2.56. The summed E-state index contributed by atoms with van der Waals surface area (Å²) in [6.45, 7) is -0.550. The second kappa shape index (κ2) is 11.2. The molecule has 4 aromatic rings. The topological polar surface area (TPSA) is 97.7 Å². The van der Waals surface area contributed by atoms with E-state index in [2.05, 4.69) is 5.32 Å². The molecule has 0 saturated carbocycles. The van der Waals surface area contributed by atoms with Gasteiger partial charge in [0.1, 0.15) is 23.4 Å². The molecule has 2 aliphatic rings. The van der Waals surface area contributed by atoms with Crippen LogP contribution < -0.4 is 19.8 Å². The molecule has 3 amide bonds. The van der Waals surface area contributed by atoms with Crippen LogP contribution in [0.4, 0.5) is 28.9 Å². The van der Waals surface area contributed by atoms with Crippen LogP contribution >= 0.6 is 23.1 Å². The molecule has 0 spiro atoms. The number of nitrogens with one attached hydrogen (secondary N) is 1. The Morgan fingerprint density at radius 2 is 1.68 bits per heavy atom. The maximum atomic E-state index is 13.9. The molecule has 3 heterocycles. The number of carbonyl (C=O) groups excluding carboxylic acids is 3. The quantitative estimate of drug-likeness (QED) is 0.220. The van der Waals surface area contributed by atoms with E-state index in [1.54, 1.807) is 24.3 Å². The second-order valence-electron chi connectivity index (χ2n) is 10.1. The Bertz CT molecular complexity index is 1840. The van der Waals surface area contributed by atoms with Gasteiger partial charge in [0.25, 0.3) is 0 Å². The first-order valence-corrected chi connectivity index (χ1v) is 14.8. The van der Waals surface area contributed by atoms with E-state index in [1.807, 2.05) is 0 Å². The zero-order valence-electron chi connectivity index (χ0n) is 22.6. The number of alkyl halides is 3. The smallest absolute Gasteiger partial charge is 0.416 e. The third-order valence-electron chi connectivity index (χ3n) is 7.38. The van der Waals surface area contributed by atoms with E-state index < -0.39 is 63.8 Å². The van der Waals surface area contributed by atoms with E-state index in [0.29, 0.717) is 21.9 Å². The van der Waals surface area contributed by atoms with Crippen LogP contribution in [0.5, 0.6) is 5.75 Å². The predicted molar refractivity (Wildman–Crippen MR) is 156 cm³/mol. The molecule has 226 valence electrons. The lowest BCUT2D eigenvalue weighted by atomic mass is 9.83. The summed E-state index contributed by atoms with van der Waals surface area (Å²) in [6.07, 6.45) is -4.61. The Kier molecular flexibility index (Phi) is 7.58. The highest BCUT2D eigenvalue weighted by molar-refractivity contribution is 8.00. The Morgan fingerprint density at radius 3 is 2.34 bits per heavy atom. The fraction of sp³-hybridized carbons (Fsp3) is 0.200. The van der Waals surface area contributed by atoms with Gasteiger partial charge in [-0.15, -0.1) is 0 Å². The monoisotopic (exact) mass is 643 g/mol. The van der Waals surface area contributed by atoms with Crippen LogP contribution in [0.1, 0.15) is 21.9 Å². The van der Waals surface area contributed by atoms with Crippen molar-refractivity contribution < 1.29 is 36.7 Å². The number of imide groups is 1. The summed E-state index contributed by atoms with van der Waals surface area (Å²) in [5.74, 6) is -3.50. The minimum atomic E-state index is -4.61. The molecule has 2 aliphatic heterocycles. The molecular formula is C30H21F4N3O5S2. The average molecular weight is 644 g/mol. The van der Waals surface area contributed by atoms with Gasteiger partial charge < -0.3 is 10.1 Å². The summed E-state index contributed by atoms with van der Waals surface area (Å²) in [4.78, 5) is 54.8. The maximum Gasteiger partial charge on any atom is 0.416 e. The van der Waals surface area contributed by atoms with Gasteiger partial charge in [-0.05, 0) is 60.2 Å². The van der Waals surface area contributed by atoms with Gasteiger partial charge in [0.2, 0.25) is 17.7 Å². The first-order chi connectivity index (χ1) is 21.0. The van der Waals surface area contributed by atoms with Gasteiger partial charge in [0.05, 0.1) is 29.3 Å². The Balaban J connectivity index is 1.37. The third-order valence-corrected chi connectivity index (χ3v) is 9.99. The molecule has 0 radical (unpaired) electrons. The number of carbonyl (C=O) groups is 3. The number of hydrogen-bond acceptors (Lipinski definition) is 7. The largest absolute Gasteiger partial charge is 0.497 e. The molecule has 8 nitrogen and oxygen atoms in total. The van der Waals surface area contributed by atoms with Crippen LogP contribution in [-0.4, -0.2) is 34.6 Å². The van der Waals surface area contributed by atoms with Crippen molar-refractivity contribution in [1.82, 2.24) is 4.57 Å². The number of rotatable bonds is 6. The van der Waals surface area contributed by atoms with E-state index >= 15 is 0 Å². The van der Waals surface area contributed by atoms with Gasteiger partial charge in [-0.1, -0.05) is 41.3 Å². The molecule has 6 rings (SSSR count). The predicted octanol–water partition coefficient (Wildman–Crippen LogP) is 5.51. The molecule has 0 aliphatic carbocycles. The summed E-state index contributed by atoms with van der Waals surface area (Å²) in [6, 6.07) is 15.9. The number of nitrogens with zero attached hydrogens (tertiary/aromatic N) is 2. The van der Waals surface area contributed by atoms with Crippen LogP contribution in [0.25, 0.3) is 0 Å². The van der Waals surface area contributed by atoms with Gasteiger partial charge in [-0.25, -0.2) is 9.29 Å². The molecule has 14 heteroatoms. The van der Waals surface area contributed by atoms with Crippen molar-refractivity contribution in [3.05, 3.63) is 104 Å². The van der Waals surface area contributed by atoms with Crippen molar-refractivity contribution in [2.45, 2.75) is 28.9 Å². The first kappa shape index (κ1) is 29.6. The molecule has 0 bridgehead atoms. The number of benzene rings is 3. The minimum Gasteiger partial charge on any atom is -0.497 e. The van der Waals surface area contributed by atoms with E-state index in [0.717, 1.165) is 50.8 Å². The number of methoxy groups -OCH3 is 1. The molecular weight excluding hydrogens is 622 g/mol. The van der Waals surface area contributed by atoms with Crippen LogP contribution in [0.2, 0.25) is 0 Å². The van der Waals surface area contributed by atoms with Crippen LogP contribution in [0, 0.1) is 11.7 Å². The van der Waals surface area contributed by atoms with Gasteiger partial charge >= 0.3 is 11.0 Å². The summed E-state index contributed by atoms with van der Waals surface area (Å²) in [5.41, 5.74) is -0.224. The Morgan fingerprint density at radius 1 is 0.977 bits per heavy atom. The lowest BCUT2D eigenvalue weighted by Crippen LogP contribution is -2.33. The van der Waals surface area contributed by atoms with Crippen LogP contribution in [-0.2, 0) is 27.1 Å². The van der Waals surface area contributed by atoms with E-state index in [4.69, 9.17) is 4.74 Å². The molecule has 1 fully saturated rings. The summed E-state index contributed by atoms with van der Waals surface area (Å²) >= 11 is 1.78. The number of ether oxygens (including phenoxy) is 1. The van der Waals surface area contributed by atoms with Gasteiger partial charge in [-0.3, -0.25) is 23.7 Å². The third kappa shape index (κ3) is 5.28. The molecule has 0 unspecified atom stereocenters. The van der Waals surface area contributed by atoms with Crippen molar-refractivity contribution in [3.8, 4) is 5.75 Å². The maximum absolute atomic E-state index is 13.9. The fourth-order valence-corrected chi connectivity index (χ4v) is 8.16. The van der Waals surface area contributed by atoms with E-state index in [9.17, 15) is 36.7 Å². The zero-order valence-corrected chi connectivity index (χ0v) is 24.3. The van der Waals surface area contributed by atoms with Crippen molar-refractivity contribution in [2.24, 2.45) is 5.92 Å². The lowest BCUT2D eigenvalue weighted by Gasteiger charge is -2.30. The van der Waals surface area contributed by atoms with E-state index in [1.165, 1.54) is 37.4 Å². The Hall–Kier alpha value is -4.43. The normalized spacial score (nSPS) is 19.5. The summed E-state index contributed by atoms with van der Waals surface area (Å²) < 4.78 is 59.6. The number of anilines is 2. The SMILES string of the molecule is COc1ccc(N2C(=O)[C@H]3[C@H](c4ccc(F)cc4)c4sc(=O)n(CC(=O)Nc5cccc(C(F)(F)F)c5)c4S[C@H]3C2=O)cc1. The lowest BCUT2D eigenvalue weighted by molar-refractivity contribution is -0.137. The number of thioether (sulfide) groups is 1. The Labute approximate surface area is 255 Å². The molecule has 44 heavy (non-hydrogen) atoms.